The molecule has 42 heteroatoms. The largest absolute Gasteiger partial charge is 0.496 e. The van der Waals surface area contributed by atoms with Crippen LogP contribution in [0.3, 0.4) is 0 Å². The van der Waals surface area contributed by atoms with E-state index in [0.717, 1.165) is 89.9 Å². The Hall–Kier alpha value is -14.1. The number of aliphatic imine (C=N–C) groups is 2. The molecule has 6 atom stereocenters. The summed E-state index contributed by atoms with van der Waals surface area (Å²) >= 11 is 0. The Kier molecular flexibility index (Phi) is 65.2. The van der Waals surface area contributed by atoms with E-state index in [1.807, 2.05) is 13.8 Å². The zero-order chi connectivity index (χ0) is 102. The first-order valence-corrected chi connectivity index (χ1v) is 45.0. The van der Waals surface area contributed by atoms with Crippen LogP contribution < -0.4 is 152 Å². The molecule has 38 N–H and O–H groups in total. The Morgan fingerprint density at radius 1 is 0.333 bits per heavy atom. The fourth-order valence-corrected chi connectivity index (χ4v) is 12.3. The van der Waals surface area contributed by atoms with Gasteiger partial charge in [-0.05, 0) is 207 Å². The van der Waals surface area contributed by atoms with Crippen molar-refractivity contribution in [3.05, 3.63) is 143 Å². The van der Waals surface area contributed by atoms with Gasteiger partial charge in [0, 0.05) is 47.2 Å². The molecule has 0 bridgehead atoms. The zero-order valence-electron chi connectivity index (χ0n) is 80.1. The standard InChI is InChI=1S/2C19H31N3O3.C15H23N3O3.C14H22N6O3.C14H21N5O3.C13H20N4O3.2CH4/c2*1-3-5-7-8-12-25-17-11-10-14(20)13-15(17)19(24)22-16(18(21)23)9-6-4-2;1-10(19)12-9-11(6-7-14(12)21-2)18-15(20)13(17)5-3-4-8-16;1-23-11-5-4-8(7-9(11)12(16)21)20-13(22)10(15)3-2-6-19-14(17)18;1-8(20)11(5-6-18-14(16)17)19-13(21)10-7-9(15)3-4-12(10)22-2;1-20-11-5-4-8(7-9(11)12(16)18)17-13(19)10(15)3-2-6-14;;/h2*10-11,13,16H,3-9,12,20H2,1-2H3,(H2,21,23)(H,22,24);6-7,9,13H,3-5,8,16-17H2,1-2H3,(H,18,20);4-5,7,10H,2-3,6,15H2,1H3,(H2,16,21)(H,20,22)(H4,17,18,19);3-4,7,11H,5-6,15H2,1-2H3,(H,19,21)(H4,16,17,18);4-5,7,10H,2-3,6,14-15H2,1H3,(H2,16,18)(H,17,19);2*1H4/t2*16-;13-;10-;11-;10-;;/m000100../s1. The normalized spacial score (nSPS) is 11.5. The fraction of sp³-hybridized carbons (Fsp3) is 0.479. The van der Waals surface area contributed by atoms with Crippen molar-refractivity contribution in [2.24, 2.45) is 84.5 Å². The predicted molar refractivity (Wildman–Crippen MR) is 546 cm³/mol. The Labute approximate surface area is 811 Å². The average Bonchev–Trinajstić information content (AvgIpc) is 0.821. The highest BCUT2D eigenvalue weighted by Crippen LogP contribution is 2.29. The lowest BCUT2D eigenvalue weighted by molar-refractivity contribution is -0.120. The number of hydrogen-bond donors (Lipinski definition) is 22. The van der Waals surface area contributed by atoms with Gasteiger partial charge in [0.05, 0.1) is 99.2 Å². The molecule has 6 aromatic carbocycles. The van der Waals surface area contributed by atoms with Crippen LogP contribution in [0.2, 0.25) is 0 Å². The highest BCUT2D eigenvalue weighted by molar-refractivity contribution is 6.05. The van der Waals surface area contributed by atoms with Gasteiger partial charge in [-0.3, -0.25) is 67.5 Å². The number of ketones is 2. The van der Waals surface area contributed by atoms with Crippen LogP contribution in [0.5, 0.6) is 34.5 Å². The lowest BCUT2D eigenvalue weighted by Crippen LogP contribution is -2.44. The second-order valence-corrected chi connectivity index (χ2v) is 31.1. The van der Waals surface area contributed by atoms with Crippen LogP contribution in [0.1, 0.15) is 260 Å². The third kappa shape index (κ3) is 50.5. The van der Waals surface area contributed by atoms with Crippen LogP contribution in [0.25, 0.3) is 0 Å². The molecular formula is C96H156N24O18. The number of amides is 10. The molecule has 0 aromatic heterocycles. The summed E-state index contributed by atoms with van der Waals surface area (Å²) in [6.07, 6.45) is 17.9. The first-order valence-electron chi connectivity index (χ1n) is 45.0. The number of rotatable bonds is 54. The van der Waals surface area contributed by atoms with Crippen molar-refractivity contribution in [3.63, 3.8) is 0 Å². The number of hydrogen-bond acceptors (Lipinski definition) is 28. The molecule has 10 amide bonds. The lowest BCUT2D eigenvalue weighted by Gasteiger charge is -2.17. The molecule has 42 nitrogen and oxygen atoms in total. The summed E-state index contributed by atoms with van der Waals surface area (Å²) in [5, 5.41) is 16.0. The Bertz CT molecular complexity index is 4720. The average molecular weight is 1930 g/mol. The molecule has 138 heavy (non-hydrogen) atoms. The molecule has 0 aliphatic heterocycles. The van der Waals surface area contributed by atoms with Gasteiger partial charge >= 0.3 is 0 Å². The van der Waals surface area contributed by atoms with Crippen LogP contribution >= 0.6 is 0 Å². The highest BCUT2D eigenvalue weighted by Gasteiger charge is 2.26. The maximum atomic E-state index is 12.6. The van der Waals surface area contributed by atoms with Gasteiger partial charge in [0.1, 0.15) is 46.6 Å². The number of benzene rings is 6. The summed E-state index contributed by atoms with van der Waals surface area (Å²) in [5.74, 6) is -2.48. The number of carbonyl (C=O) groups excluding carboxylic acids is 12. The lowest BCUT2D eigenvalue weighted by atomic mass is 10.1. The van der Waals surface area contributed by atoms with Crippen molar-refractivity contribution in [1.82, 2.24) is 16.0 Å². The summed E-state index contributed by atoms with van der Waals surface area (Å²) in [7, 11) is 5.80. The van der Waals surface area contributed by atoms with Gasteiger partial charge in [0.25, 0.3) is 29.5 Å². The minimum absolute atomic E-state index is 0. The monoisotopic (exact) mass is 1930 g/mol. The third-order valence-electron chi connectivity index (χ3n) is 20.0. The maximum Gasteiger partial charge on any atom is 0.255 e. The Morgan fingerprint density at radius 3 is 0.971 bits per heavy atom. The molecule has 0 saturated heterocycles. The molecule has 0 unspecified atom stereocenters. The molecular weight excluding hydrogens is 1780 g/mol. The minimum Gasteiger partial charge on any atom is -0.496 e. The van der Waals surface area contributed by atoms with E-state index in [9.17, 15) is 57.5 Å². The molecule has 0 saturated carbocycles. The van der Waals surface area contributed by atoms with E-state index in [1.165, 1.54) is 60.5 Å². The Morgan fingerprint density at radius 2 is 0.645 bits per heavy atom. The van der Waals surface area contributed by atoms with Crippen molar-refractivity contribution >= 4 is 117 Å². The van der Waals surface area contributed by atoms with Gasteiger partial charge in [-0.2, -0.15) is 0 Å². The van der Waals surface area contributed by atoms with Gasteiger partial charge in [-0.25, -0.2) is 0 Å². The summed E-state index contributed by atoms with van der Waals surface area (Å²) < 4.78 is 31.8. The number of methoxy groups -OCH3 is 4. The zero-order valence-corrected chi connectivity index (χ0v) is 80.1. The van der Waals surface area contributed by atoms with Crippen LogP contribution in [-0.4, -0.2) is 187 Å². The quantitative estimate of drug-likeness (QED) is 0.00594. The number of carbonyl (C=O) groups is 12. The van der Waals surface area contributed by atoms with Crippen molar-refractivity contribution in [2.45, 2.75) is 234 Å². The molecule has 0 radical (unpaired) electrons. The van der Waals surface area contributed by atoms with E-state index in [4.69, 9.17) is 120 Å². The number of anilines is 6. The first kappa shape index (κ1) is 126. The Balaban J connectivity index is 0. The number of nitrogens with two attached hydrogens (primary N) is 16. The molecule has 6 rings (SSSR count). The van der Waals surface area contributed by atoms with Crippen molar-refractivity contribution in [1.29, 1.82) is 0 Å². The topological polar surface area (TPSA) is 773 Å². The summed E-state index contributed by atoms with van der Waals surface area (Å²) in [6, 6.07) is 24.7. The van der Waals surface area contributed by atoms with Gasteiger partial charge < -0.3 is 152 Å². The number of Topliss-reactive ketones (excluding diaryl/α,β-unsaturated/α-hetero) is 2. The van der Waals surface area contributed by atoms with Crippen molar-refractivity contribution in [2.75, 3.05) is 101 Å². The summed E-state index contributed by atoms with van der Waals surface area (Å²) in [6.45, 7) is 14.0. The molecule has 0 aliphatic carbocycles. The molecule has 0 spiro atoms. The molecule has 6 aromatic rings. The second kappa shape index (κ2) is 71.4. The number of nitrogen functional groups attached to an aromatic ring is 3. The SMILES string of the molecule is C.C.CCCCCCOc1ccc(N)cc1C(=O)N[C@@H](CCCC)C(N)=O.CCCCCCOc1ccc(N)cc1C(=O)N[C@@H](CCCC)C(N)=O.COc1ccc(N)cc1C(=O)N[C@@H](CCN=C(N)N)C(C)=O.COc1ccc(NC(=O)[C@@H](N)CCCCN)cc1C(C)=O.COc1ccc(NC(=O)[C@@H](N)CCCN)cc1C(N)=O.COc1ccc(NC(=O)[C@H](N)CCCN=C(N)N)cc1C(N)=O. The van der Waals surface area contributed by atoms with E-state index in [-0.39, 0.29) is 79.3 Å². The van der Waals surface area contributed by atoms with E-state index < -0.39 is 77.6 Å². The first-order chi connectivity index (χ1) is 64.6. The number of nitrogens with zero attached hydrogens (tertiary/aromatic N) is 2. The number of primary amides is 4. The smallest absolute Gasteiger partial charge is 0.255 e. The van der Waals surface area contributed by atoms with Gasteiger partial charge in [-0.15, -0.1) is 0 Å². The van der Waals surface area contributed by atoms with Crippen LogP contribution in [0.15, 0.2) is 119 Å². The van der Waals surface area contributed by atoms with Crippen LogP contribution in [0.4, 0.5) is 34.1 Å². The number of ether oxygens (including phenoxy) is 6. The second-order valence-electron chi connectivity index (χ2n) is 31.1. The highest BCUT2D eigenvalue weighted by atomic mass is 16.5. The van der Waals surface area contributed by atoms with Crippen molar-refractivity contribution in [3.8, 4) is 34.5 Å². The number of guanidine groups is 2. The summed E-state index contributed by atoms with van der Waals surface area (Å²) in [5.41, 5.74) is 92.0. The summed E-state index contributed by atoms with van der Waals surface area (Å²) in [4.78, 5) is 150. The molecule has 0 fully saturated rings. The third-order valence-corrected chi connectivity index (χ3v) is 20.0. The van der Waals surface area contributed by atoms with Gasteiger partial charge in [0.2, 0.25) is 29.5 Å². The van der Waals surface area contributed by atoms with Crippen LogP contribution in [-0.2, 0) is 28.8 Å². The maximum absolute atomic E-state index is 12.6. The van der Waals surface area contributed by atoms with E-state index >= 15 is 0 Å². The van der Waals surface area contributed by atoms with Gasteiger partial charge in [-0.1, -0.05) is 113 Å². The molecule has 768 valence electrons. The van der Waals surface area contributed by atoms with Gasteiger partial charge in [0.15, 0.2) is 23.5 Å². The molecule has 0 aliphatic rings. The van der Waals surface area contributed by atoms with E-state index in [2.05, 4.69) is 55.7 Å². The predicted octanol–water partition coefficient (Wildman–Crippen LogP) is 7.11. The molecule has 0 heterocycles. The number of unbranched alkanes of at least 4 members (excludes halogenated alkanes) is 9. The van der Waals surface area contributed by atoms with E-state index in [1.54, 1.807) is 91.0 Å². The van der Waals surface area contributed by atoms with E-state index in [0.29, 0.717) is 170 Å². The van der Waals surface area contributed by atoms with Crippen LogP contribution in [0, 0.1) is 0 Å². The fourth-order valence-electron chi connectivity index (χ4n) is 12.3. The minimum atomic E-state index is -0.719. The van der Waals surface area contributed by atoms with Crippen molar-refractivity contribution < 1.29 is 86.0 Å². The number of nitrogens with one attached hydrogen (secondary N) is 6.